The molecule has 2 aromatic heterocycles. The molecule has 0 atom stereocenters. The highest BCUT2D eigenvalue weighted by Crippen LogP contribution is 2.29. The van der Waals surface area contributed by atoms with Crippen LogP contribution >= 0.6 is 11.3 Å². The molecule has 2 heterocycles. The topological polar surface area (TPSA) is 92.3 Å². The molecule has 0 aliphatic rings. The second-order valence-electron chi connectivity index (χ2n) is 5.11. The number of nitrogens with zero attached hydrogens (tertiary/aromatic N) is 3. The number of aromatic nitrogens is 2. The number of pyridine rings is 1. The Morgan fingerprint density at radius 1 is 1.21 bits per heavy atom. The first-order valence-electron chi connectivity index (χ1n) is 6.93. The molecular weight excluding hydrogens is 348 g/mol. The molecule has 124 valence electrons. The molecule has 0 fully saturated rings. The highest BCUT2D eigenvalue weighted by atomic mass is 32.2. The summed E-state index contributed by atoms with van der Waals surface area (Å²) in [4.78, 5) is 20.6. The molecule has 1 aromatic carbocycles. The van der Waals surface area contributed by atoms with Gasteiger partial charge in [-0.15, -0.1) is 0 Å². The van der Waals surface area contributed by atoms with E-state index in [9.17, 15) is 13.2 Å². The van der Waals surface area contributed by atoms with Crippen molar-refractivity contribution in [3.8, 4) is 0 Å². The Morgan fingerprint density at radius 3 is 2.67 bits per heavy atom. The van der Waals surface area contributed by atoms with E-state index in [4.69, 9.17) is 0 Å². The summed E-state index contributed by atoms with van der Waals surface area (Å²) in [6.07, 6.45) is 1.53. The van der Waals surface area contributed by atoms with E-state index in [-0.39, 0.29) is 16.5 Å². The van der Waals surface area contributed by atoms with Crippen LogP contribution in [0.3, 0.4) is 0 Å². The number of thiazole rings is 1. The van der Waals surface area contributed by atoms with E-state index in [2.05, 4.69) is 15.3 Å². The van der Waals surface area contributed by atoms with Gasteiger partial charge in [-0.2, -0.15) is 0 Å². The highest BCUT2D eigenvalue weighted by Gasteiger charge is 2.18. The minimum absolute atomic E-state index is 0.186. The first-order chi connectivity index (χ1) is 11.4. The molecule has 7 nitrogen and oxygen atoms in total. The molecule has 0 bridgehead atoms. The quantitative estimate of drug-likeness (QED) is 0.768. The van der Waals surface area contributed by atoms with Gasteiger partial charge >= 0.3 is 0 Å². The van der Waals surface area contributed by atoms with Gasteiger partial charge in [0.25, 0.3) is 5.91 Å². The summed E-state index contributed by atoms with van der Waals surface area (Å²) in [6.45, 7) is 0. The number of rotatable bonds is 4. The maximum absolute atomic E-state index is 12.2. The van der Waals surface area contributed by atoms with E-state index in [0.717, 1.165) is 4.31 Å². The summed E-state index contributed by atoms with van der Waals surface area (Å²) >= 11 is 1.21. The maximum Gasteiger partial charge on any atom is 0.276 e. The third-order valence-electron chi connectivity index (χ3n) is 3.26. The van der Waals surface area contributed by atoms with Crippen LogP contribution in [0.15, 0.2) is 47.5 Å². The second kappa shape index (κ2) is 6.27. The lowest BCUT2D eigenvalue weighted by atomic mass is 10.3. The first-order valence-corrected chi connectivity index (χ1v) is 9.19. The van der Waals surface area contributed by atoms with Crippen LogP contribution in [0.2, 0.25) is 0 Å². The Morgan fingerprint density at radius 2 is 2.00 bits per heavy atom. The summed E-state index contributed by atoms with van der Waals surface area (Å²) in [5.41, 5.74) is 0.904. The summed E-state index contributed by atoms with van der Waals surface area (Å²) in [5, 5.41) is 3.06. The number of carbonyl (C=O) groups excluding carboxylic acids is 1. The van der Waals surface area contributed by atoms with Crippen molar-refractivity contribution in [1.29, 1.82) is 0 Å². The zero-order valence-corrected chi connectivity index (χ0v) is 14.6. The Balaban J connectivity index is 1.91. The monoisotopic (exact) mass is 362 g/mol. The van der Waals surface area contributed by atoms with Crippen LogP contribution in [-0.2, 0) is 10.0 Å². The number of benzene rings is 1. The minimum Gasteiger partial charge on any atom is -0.296 e. The SMILES string of the molecule is CN(C)S(=O)(=O)c1ccc2nc(NC(=O)c3ccccn3)sc2c1. The Hall–Kier alpha value is -2.36. The van der Waals surface area contributed by atoms with Gasteiger partial charge in [0.2, 0.25) is 10.0 Å². The first kappa shape index (κ1) is 16.5. The second-order valence-corrected chi connectivity index (χ2v) is 8.29. The Bertz CT molecular complexity index is 998. The van der Waals surface area contributed by atoms with Crippen LogP contribution in [0.25, 0.3) is 10.2 Å². The minimum atomic E-state index is -3.51. The van der Waals surface area contributed by atoms with Crippen LogP contribution in [0.4, 0.5) is 5.13 Å². The standard InChI is InChI=1S/C15H14N4O3S2/c1-19(2)24(21,22)10-6-7-11-13(9-10)23-15(17-11)18-14(20)12-5-3-4-8-16-12/h3-9H,1-2H3,(H,17,18,20). The fourth-order valence-corrected chi connectivity index (χ4v) is 3.89. The molecule has 0 unspecified atom stereocenters. The van der Waals surface area contributed by atoms with Gasteiger partial charge in [0.05, 0.1) is 15.1 Å². The molecule has 0 saturated heterocycles. The average Bonchev–Trinajstić information content (AvgIpc) is 2.96. The smallest absolute Gasteiger partial charge is 0.276 e. The van der Waals surface area contributed by atoms with Crippen LogP contribution < -0.4 is 5.32 Å². The number of amides is 1. The van der Waals surface area contributed by atoms with Crippen molar-refractivity contribution in [2.75, 3.05) is 19.4 Å². The van der Waals surface area contributed by atoms with Crippen LogP contribution in [0.5, 0.6) is 0 Å². The maximum atomic E-state index is 12.2. The Labute approximate surface area is 143 Å². The van der Waals surface area contributed by atoms with Crippen molar-refractivity contribution >= 4 is 42.6 Å². The third-order valence-corrected chi connectivity index (χ3v) is 6.00. The van der Waals surface area contributed by atoms with Crippen molar-refractivity contribution < 1.29 is 13.2 Å². The largest absolute Gasteiger partial charge is 0.296 e. The van der Waals surface area contributed by atoms with E-state index in [1.54, 1.807) is 30.3 Å². The van der Waals surface area contributed by atoms with E-state index in [1.807, 2.05) is 0 Å². The number of hydrogen-bond acceptors (Lipinski definition) is 6. The molecule has 0 aliphatic heterocycles. The lowest BCUT2D eigenvalue weighted by Crippen LogP contribution is -2.22. The third kappa shape index (κ3) is 3.14. The molecule has 1 N–H and O–H groups in total. The number of nitrogens with one attached hydrogen (secondary N) is 1. The summed E-state index contributed by atoms with van der Waals surface area (Å²) in [6, 6.07) is 9.73. The van der Waals surface area contributed by atoms with E-state index in [0.29, 0.717) is 15.3 Å². The lowest BCUT2D eigenvalue weighted by Gasteiger charge is -2.10. The number of hydrogen-bond donors (Lipinski definition) is 1. The van der Waals surface area contributed by atoms with Crippen molar-refractivity contribution in [2.24, 2.45) is 0 Å². The number of sulfonamides is 1. The molecule has 9 heteroatoms. The predicted molar refractivity (Wildman–Crippen MR) is 92.7 cm³/mol. The van der Waals surface area contributed by atoms with Crippen molar-refractivity contribution in [1.82, 2.24) is 14.3 Å². The number of anilines is 1. The Kier molecular flexibility index (Phi) is 4.31. The van der Waals surface area contributed by atoms with Gasteiger partial charge in [-0.25, -0.2) is 17.7 Å². The van der Waals surface area contributed by atoms with Gasteiger partial charge in [-0.1, -0.05) is 17.4 Å². The predicted octanol–water partition coefficient (Wildman–Crippen LogP) is 2.19. The summed E-state index contributed by atoms with van der Waals surface area (Å²) < 4.78 is 26.2. The summed E-state index contributed by atoms with van der Waals surface area (Å²) in [5.74, 6) is -0.365. The zero-order valence-electron chi connectivity index (χ0n) is 12.9. The van der Waals surface area contributed by atoms with Gasteiger partial charge in [-0.3, -0.25) is 15.1 Å². The van der Waals surface area contributed by atoms with Gasteiger partial charge in [0.1, 0.15) is 5.69 Å². The molecular formula is C15H14N4O3S2. The number of carbonyl (C=O) groups is 1. The fourth-order valence-electron chi connectivity index (χ4n) is 1.99. The van der Waals surface area contributed by atoms with Crippen LogP contribution in [0.1, 0.15) is 10.5 Å². The highest BCUT2D eigenvalue weighted by molar-refractivity contribution is 7.89. The molecule has 0 saturated carbocycles. The molecule has 0 aliphatic carbocycles. The molecule has 0 spiro atoms. The van der Waals surface area contributed by atoms with Crippen molar-refractivity contribution in [3.05, 3.63) is 48.3 Å². The molecule has 3 aromatic rings. The fraction of sp³-hybridized carbons (Fsp3) is 0.133. The normalized spacial score (nSPS) is 11.8. The molecule has 24 heavy (non-hydrogen) atoms. The summed E-state index contributed by atoms with van der Waals surface area (Å²) in [7, 11) is -0.556. The van der Waals surface area contributed by atoms with E-state index >= 15 is 0 Å². The zero-order chi connectivity index (χ0) is 17.3. The van der Waals surface area contributed by atoms with Crippen molar-refractivity contribution in [2.45, 2.75) is 4.90 Å². The van der Waals surface area contributed by atoms with Gasteiger partial charge in [0.15, 0.2) is 5.13 Å². The van der Waals surface area contributed by atoms with Crippen molar-refractivity contribution in [3.63, 3.8) is 0 Å². The van der Waals surface area contributed by atoms with E-state index in [1.165, 1.54) is 37.7 Å². The lowest BCUT2D eigenvalue weighted by molar-refractivity contribution is 0.102. The molecule has 3 rings (SSSR count). The van der Waals surface area contributed by atoms with Gasteiger partial charge in [0, 0.05) is 20.3 Å². The average molecular weight is 362 g/mol. The molecule has 0 radical (unpaired) electrons. The van der Waals surface area contributed by atoms with Crippen LogP contribution in [0, 0.1) is 0 Å². The molecule has 1 amide bonds. The number of fused-ring (bicyclic) bond motifs is 1. The van der Waals surface area contributed by atoms with E-state index < -0.39 is 10.0 Å². The van der Waals surface area contributed by atoms with Crippen LogP contribution in [-0.4, -0.2) is 42.7 Å². The van der Waals surface area contributed by atoms with Gasteiger partial charge < -0.3 is 0 Å². The van der Waals surface area contributed by atoms with Gasteiger partial charge in [-0.05, 0) is 30.3 Å².